The number of nitrogens with zero attached hydrogens (tertiary/aromatic N) is 2. The van der Waals surface area contributed by atoms with Gasteiger partial charge in [-0.2, -0.15) is 0 Å². The molecule has 1 N–H and O–H groups in total. The van der Waals surface area contributed by atoms with Gasteiger partial charge in [-0.15, -0.1) is 0 Å². The largest absolute Gasteiger partial charge is 0.325 e. The number of anilines is 1. The Bertz CT molecular complexity index is 990. The molecule has 28 heavy (non-hydrogen) atoms. The van der Waals surface area contributed by atoms with Gasteiger partial charge in [0.05, 0.1) is 5.75 Å². The lowest BCUT2D eigenvalue weighted by Crippen LogP contribution is -2.16. The minimum atomic E-state index is -0.301. The fourth-order valence-corrected chi connectivity index (χ4v) is 3.61. The molecule has 6 heteroatoms. The molecule has 4 nitrogen and oxygen atoms in total. The molecule has 0 unspecified atom stereocenters. The van der Waals surface area contributed by atoms with Crippen LogP contribution in [-0.4, -0.2) is 21.6 Å². The second-order valence-corrected chi connectivity index (χ2v) is 7.47. The minimum absolute atomic E-state index is 0.0754. The molecule has 0 atom stereocenters. The summed E-state index contributed by atoms with van der Waals surface area (Å²) in [5.41, 5.74) is 4.60. The first-order chi connectivity index (χ1) is 13.5. The second kappa shape index (κ2) is 8.97. The Morgan fingerprint density at radius 3 is 2.57 bits per heavy atom. The average molecular weight is 396 g/mol. The number of benzene rings is 2. The molecule has 1 heterocycles. The molecule has 0 aliphatic heterocycles. The predicted octanol–water partition coefficient (Wildman–Crippen LogP) is 5.19. The summed E-state index contributed by atoms with van der Waals surface area (Å²) in [6, 6.07) is 13.9. The third-order valence-electron chi connectivity index (χ3n) is 4.29. The number of hydrogen-bond donors (Lipinski definition) is 1. The van der Waals surface area contributed by atoms with Crippen molar-refractivity contribution in [2.75, 3.05) is 11.1 Å². The molecule has 0 bridgehead atoms. The van der Waals surface area contributed by atoms with Crippen LogP contribution in [0.4, 0.5) is 10.1 Å². The number of thioether (sulfide) groups is 1. The van der Waals surface area contributed by atoms with Crippen LogP contribution in [0.1, 0.15) is 23.7 Å². The molecule has 1 amide bonds. The van der Waals surface area contributed by atoms with Crippen molar-refractivity contribution in [3.8, 4) is 11.4 Å². The van der Waals surface area contributed by atoms with Crippen LogP contribution in [0.3, 0.4) is 0 Å². The Morgan fingerprint density at radius 2 is 1.86 bits per heavy atom. The van der Waals surface area contributed by atoms with Gasteiger partial charge in [-0.1, -0.05) is 36.9 Å². The molecule has 3 rings (SSSR count). The Morgan fingerprint density at radius 1 is 1.11 bits per heavy atom. The van der Waals surface area contributed by atoms with Gasteiger partial charge in [-0.3, -0.25) is 4.79 Å². The fraction of sp³-hybridized carbons (Fsp3) is 0.227. The minimum Gasteiger partial charge on any atom is -0.325 e. The van der Waals surface area contributed by atoms with E-state index in [2.05, 4.69) is 22.2 Å². The van der Waals surface area contributed by atoms with E-state index >= 15 is 0 Å². The number of aryl methyl sites for hydroxylation is 3. The van der Waals surface area contributed by atoms with Gasteiger partial charge < -0.3 is 5.32 Å². The molecule has 0 aliphatic carbocycles. The molecule has 0 saturated carbocycles. The number of nitrogens with one attached hydrogen (secondary N) is 1. The molecule has 0 spiro atoms. The van der Waals surface area contributed by atoms with Crippen LogP contribution < -0.4 is 5.32 Å². The van der Waals surface area contributed by atoms with Crippen LogP contribution in [0, 0.1) is 19.7 Å². The van der Waals surface area contributed by atoms with Gasteiger partial charge in [0.25, 0.3) is 0 Å². The lowest BCUT2D eigenvalue weighted by atomic mass is 10.1. The summed E-state index contributed by atoms with van der Waals surface area (Å²) >= 11 is 1.36. The van der Waals surface area contributed by atoms with Crippen molar-refractivity contribution in [2.45, 2.75) is 32.2 Å². The summed E-state index contributed by atoms with van der Waals surface area (Å²) in [6.45, 7) is 5.93. The van der Waals surface area contributed by atoms with Gasteiger partial charge in [-0.05, 0) is 61.7 Å². The van der Waals surface area contributed by atoms with Gasteiger partial charge in [0.2, 0.25) is 5.91 Å². The second-order valence-electron chi connectivity index (χ2n) is 6.48. The molecule has 0 aliphatic rings. The summed E-state index contributed by atoms with van der Waals surface area (Å²) in [4.78, 5) is 21.4. The van der Waals surface area contributed by atoms with Crippen LogP contribution in [0.2, 0.25) is 0 Å². The van der Waals surface area contributed by atoms with Crippen molar-refractivity contribution in [1.82, 2.24) is 9.97 Å². The van der Waals surface area contributed by atoms with Gasteiger partial charge in [0, 0.05) is 16.9 Å². The zero-order valence-corrected chi connectivity index (χ0v) is 16.9. The van der Waals surface area contributed by atoms with Crippen molar-refractivity contribution in [1.29, 1.82) is 0 Å². The maximum atomic E-state index is 13.1. The molecular formula is C22H22FN3OS. The number of amides is 1. The number of para-hydroxylation sites is 1. The van der Waals surface area contributed by atoms with E-state index in [9.17, 15) is 9.18 Å². The normalized spacial score (nSPS) is 10.7. The van der Waals surface area contributed by atoms with Crippen LogP contribution in [0.5, 0.6) is 0 Å². The van der Waals surface area contributed by atoms with E-state index in [0.29, 0.717) is 10.9 Å². The SMILES string of the molecule is CCc1cccc(C)c1NC(=O)CSc1cc(C)nc(-c2ccc(F)cc2)n1. The van der Waals surface area contributed by atoms with E-state index < -0.39 is 0 Å². The highest BCUT2D eigenvalue weighted by molar-refractivity contribution is 7.99. The van der Waals surface area contributed by atoms with Crippen LogP contribution in [-0.2, 0) is 11.2 Å². The molecule has 1 aromatic heterocycles. The molecule has 0 radical (unpaired) electrons. The molecule has 144 valence electrons. The summed E-state index contributed by atoms with van der Waals surface area (Å²) in [5.74, 6) is 0.394. The molecule has 3 aromatic rings. The third-order valence-corrected chi connectivity index (χ3v) is 5.20. The van der Waals surface area contributed by atoms with Crippen molar-refractivity contribution in [3.05, 3.63) is 71.2 Å². The monoisotopic (exact) mass is 395 g/mol. The molecule has 2 aromatic carbocycles. The Hall–Kier alpha value is -2.73. The Kier molecular flexibility index (Phi) is 6.41. The quantitative estimate of drug-likeness (QED) is 0.461. The van der Waals surface area contributed by atoms with Crippen molar-refractivity contribution < 1.29 is 9.18 Å². The van der Waals surface area contributed by atoms with Crippen molar-refractivity contribution in [3.63, 3.8) is 0 Å². The highest BCUT2D eigenvalue weighted by atomic mass is 32.2. The number of halogens is 1. The highest BCUT2D eigenvalue weighted by Gasteiger charge is 2.11. The number of hydrogen-bond acceptors (Lipinski definition) is 4. The fourth-order valence-electron chi connectivity index (χ4n) is 2.86. The lowest BCUT2D eigenvalue weighted by Gasteiger charge is -2.13. The standard InChI is InChI=1S/C22H22FN3OS/c1-4-16-7-5-6-14(2)21(16)25-19(27)13-28-20-12-15(3)24-22(26-20)17-8-10-18(23)11-9-17/h5-12H,4,13H2,1-3H3,(H,25,27). The topological polar surface area (TPSA) is 54.9 Å². The maximum Gasteiger partial charge on any atom is 0.234 e. The summed E-state index contributed by atoms with van der Waals surface area (Å²) in [6.07, 6.45) is 0.858. The number of carbonyl (C=O) groups excluding carboxylic acids is 1. The first-order valence-corrected chi connectivity index (χ1v) is 10.1. The number of rotatable bonds is 6. The van der Waals surface area contributed by atoms with Gasteiger partial charge in [-0.25, -0.2) is 14.4 Å². The van der Waals surface area contributed by atoms with Crippen LogP contribution in [0.25, 0.3) is 11.4 Å². The van der Waals surface area contributed by atoms with E-state index in [-0.39, 0.29) is 17.5 Å². The predicted molar refractivity (Wildman–Crippen MR) is 112 cm³/mol. The van der Waals surface area contributed by atoms with Crippen molar-refractivity contribution >= 4 is 23.4 Å². The molecule has 0 saturated heterocycles. The zero-order chi connectivity index (χ0) is 20.1. The highest BCUT2D eigenvalue weighted by Crippen LogP contribution is 2.24. The third kappa shape index (κ3) is 4.95. The van der Waals surface area contributed by atoms with Gasteiger partial charge >= 0.3 is 0 Å². The molecule has 0 fully saturated rings. The average Bonchev–Trinajstić information content (AvgIpc) is 2.68. The zero-order valence-electron chi connectivity index (χ0n) is 16.1. The van der Waals surface area contributed by atoms with Crippen LogP contribution in [0.15, 0.2) is 53.6 Å². The number of carbonyl (C=O) groups is 1. The Labute approximate surface area is 168 Å². The number of aromatic nitrogens is 2. The van der Waals surface area contributed by atoms with Crippen LogP contribution >= 0.6 is 11.8 Å². The van der Waals surface area contributed by atoms with E-state index in [1.807, 2.05) is 38.1 Å². The first kappa shape index (κ1) is 20.0. The van der Waals surface area contributed by atoms with E-state index in [0.717, 1.165) is 34.5 Å². The van der Waals surface area contributed by atoms with E-state index in [4.69, 9.17) is 0 Å². The maximum absolute atomic E-state index is 13.1. The summed E-state index contributed by atoms with van der Waals surface area (Å²) in [7, 11) is 0. The summed E-state index contributed by atoms with van der Waals surface area (Å²) < 4.78 is 13.1. The Balaban J connectivity index is 1.71. The van der Waals surface area contributed by atoms with E-state index in [1.54, 1.807) is 12.1 Å². The van der Waals surface area contributed by atoms with E-state index in [1.165, 1.54) is 23.9 Å². The van der Waals surface area contributed by atoms with Gasteiger partial charge in [0.15, 0.2) is 5.82 Å². The smallest absolute Gasteiger partial charge is 0.234 e. The van der Waals surface area contributed by atoms with Crippen molar-refractivity contribution in [2.24, 2.45) is 0 Å². The molecular weight excluding hydrogens is 373 g/mol. The lowest BCUT2D eigenvalue weighted by molar-refractivity contribution is -0.113. The van der Waals surface area contributed by atoms with Gasteiger partial charge in [0.1, 0.15) is 10.8 Å². The summed E-state index contributed by atoms with van der Waals surface area (Å²) in [5, 5.41) is 3.73. The first-order valence-electron chi connectivity index (χ1n) is 9.09.